The number of carboxylic acids is 2. The Labute approximate surface area is 216 Å². The summed E-state index contributed by atoms with van der Waals surface area (Å²) in [6, 6.07) is 13.7. The molecule has 3 aromatic carbocycles. The number of aliphatic carboxylic acids is 1. The van der Waals surface area contributed by atoms with Crippen LogP contribution in [0.5, 0.6) is 5.75 Å². The van der Waals surface area contributed by atoms with Crippen LogP contribution in [-0.4, -0.2) is 46.4 Å². The predicted molar refractivity (Wildman–Crippen MR) is 144 cm³/mol. The van der Waals surface area contributed by atoms with Crippen molar-refractivity contribution in [3.8, 4) is 5.75 Å². The minimum Gasteiger partial charge on any atom is -0.487 e. The number of rotatable bonds is 6. The number of fused-ring (bicyclic) bond motifs is 1. The van der Waals surface area contributed by atoms with Gasteiger partial charge in [0.15, 0.2) is 11.6 Å². The molecule has 1 aromatic heterocycles. The average molecular weight is 523 g/mol. The summed E-state index contributed by atoms with van der Waals surface area (Å²) in [7, 11) is 0. The molecule has 1 aliphatic rings. The van der Waals surface area contributed by atoms with Gasteiger partial charge in [0.2, 0.25) is 5.43 Å². The van der Waals surface area contributed by atoms with Gasteiger partial charge in [-0.3, -0.25) is 9.59 Å². The fraction of sp³-hybridized carbons (Fsp3) is 0.222. The van der Waals surface area contributed by atoms with E-state index in [1.54, 1.807) is 4.57 Å². The van der Waals surface area contributed by atoms with Crippen LogP contribution in [0, 0.1) is 5.82 Å². The van der Waals surface area contributed by atoms with E-state index in [4.69, 9.17) is 20.4 Å². The van der Waals surface area contributed by atoms with Crippen molar-refractivity contribution in [2.75, 3.05) is 36.1 Å². The summed E-state index contributed by atoms with van der Waals surface area (Å²) in [4.78, 5) is 33.4. The highest BCUT2D eigenvalue weighted by Gasteiger charge is 2.30. The summed E-state index contributed by atoms with van der Waals surface area (Å²) in [5.74, 6) is -2.91. The third kappa shape index (κ3) is 4.90. The first-order valence-corrected chi connectivity index (χ1v) is 11.8. The average Bonchev–Trinajstić information content (AvgIpc) is 2.87. The van der Waals surface area contributed by atoms with Gasteiger partial charge in [0.1, 0.15) is 17.9 Å². The lowest BCUT2D eigenvalue weighted by atomic mass is 10.0. The Morgan fingerprint density at radius 2 is 1.79 bits per heavy atom. The topological polar surface area (TPSA) is 156 Å². The Hall–Kier alpha value is -4.80. The lowest BCUT2D eigenvalue weighted by Gasteiger charge is -2.29. The maximum atomic E-state index is 15.3. The Morgan fingerprint density at radius 1 is 1.13 bits per heavy atom. The molecule has 2 heterocycles. The fourth-order valence-electron chi connectivity index (χ4n) is 4.42. The zero-order chi connectivity index (χ0) is 27.6. The molecule has 1 atom stereocenters. The summed E-state index contributed by atoms with van der Waals surface area (Å²) >= 11 is 0. The molecule has 0 saturated heterocycles. The van der Waals surface area contributed by atoms with E-state index < -0.39 is 34.4 Å². The molecule has 5 rings (SSSR count). The van der Waals surface area contributed by atoms with Crippen LogP contribution in [0.3, 0.4) is 0 Å². The van der Waals surface area contributed by atoms with Gasteiger partial charge in [0.05, 0.1) is 22.6 Å². The minimum absolute atomic E-state index is 0.0489. The van der Waals surface area contributed by atoms with Gasteiger partial charge in [0, 0.05) is 37.3 Å². The summed E-state index contributed by atoms with van der Waals surface area (Å²) in [5, 5.41) is 25.3. The molecule has 11 heteroatoms. The van der Waals surface area contributed by atoms with E-state index in [1.165, 1.54) is 6.20 Å². The number of hydrogen-bond donors (Lipinski definition) is 5. The maximum Gasteiger partial charge on any atom is 0.341 e. The summed E-state index contributed by atoms with van der Waals surface area (Å²) in [6.45, 7) is 3.91. The lowest BCUT2D eigenvalue weighted by Crippen LogP contribution is -2.28. The van der Waals surface area contributed by atoms with Gasteiger partial charge in [0.25, 0.3) is 5.97 Å². The Kier molecular flexibility index (Phi) is 7.38. The van der Waals surface area contributed by atoms with Gasteiger partial charge in [-0.2, -0.15) is 0 Å². The Bertz CT molecular complexity index is 1610. The molecule has 38 heavy (non-hydrogen) atoms. The number of ether oxygens (including phenoxy) is 1. The largest absolute Gasteiger partial charge is 0.487 e. The lowest BCUT2D eigenvalue weighted by molar-refractivity contribution is -0.134. The number of carbonyl (C=O) groups is 2. The molecule has 0 spiro atoms. The highest BCUT2D eigenvalue weighted by Crippen LogP contribution is 2.43. The summed E-state index contributed by atoms with van der Waals surface area (Å²) in [5.41, 5.74) is 5.62. The van der Waals surface area contributed by atoms with Gasteiger partial charge < -0.3 is 35.9 Å². The zero-order valence-corrected chi connectivity index (χ0v) is 20.7. The van der Waals surface area contributed by atoms with E-state index >= 15 is 4.39 Å². The van der Waals surface area contributed by atoms with Crippen LogP contribution in [-0.2, 0) is 4.79 Å². The number of aromatic nitrogens is 1. The molecule has 10 nitrogen and oxygen atoms in total. The number of halogens is 1. The van der Waals surface area contributed by atoms with Crippen LogP contribution in [0.15, 0.2) is 53.5 Å². The van der Waals surface area contributed by atoms with Crippen molar-refractivity contribution < 1.29 is 28.9 Å². The van der Waals surface area contributed by atoms with Crippen molar-refractivity contribution in [1.82, 2.24) is 4.57 Å². The van der Waals surface area contributed by atoms with Crippen molar-refractivity contribution in [3.63, 3.8) is 0 Å². The molecule has 0 saturated carbocycles. The number of pyridine rings is 1. The Morgan fingerprint density at radius 3 is 2.50 bits per heavy atom. The van der Waals surface area contributed by atoms with Crippen molar-refractivity contribution in [1.29, 1.82) is 0 Å². The first-order valence-electron chi connectivity index (χ1n) is 11.8. The van der Waals surface area contributed by atoms with Gasteiger partial charge in [-0.15, -0.1) is 0 Å². The van der Waals surface area contributed by atoms with Crippen LogP contribution in [0.25, 0.3) is 21.7 Å². The third-order valence-electron chi connectivity index (χ3n) is 6.11. The second kappa shape index (κ2) is 10.7. The van der Waals surface area contributed by atoms with Crippen LogP contribution in [0.1, 0.15) is 30.2 Å². The third-order valence-corrected chi connectivity index (χ3v) is 6.11. The van der Waals surface area contributed by atoms with Crippen molar-refractivity contribution in [2.45, 2.75) is 19.9 Å². The van der Waals surface area contributed by atoms with Crippen LogP contribution >= 0.6 is 0 Å². The fourth-order valence-corrected chi connectivity index (χ4v) is 4.42. The number of nitrogen functional groups attached to an aromatic ring is 1. The highest BCUT2D eigenvalue weighted by molar-refractivity contribution is 6.03. The minimum atomic E-state index is -1.39. The van der Waals surface area contributed by atoms with Crippen LogP contribution in [0.4, 0.5) is 21.5 Å². The van der Waals surface area contributed by atoms with Crippen molar-refractivity contribution >= 4 is 50.7 Å². The second-order valence-corrected chi connectivity index (χ2v) is 8.80. The van der Waals surface area contributed by atoms with Crippen LogP contribution in [0.2, 0.25) is 0 Å². The number of aromatic carboxylic acids is 1. The molecule has 198 valence electrons. The normalized spacial score (nSPS) is 13.8. The standard InChI is InChI=1S/C25H23FN4O4.C2H4O2/c1-13-12-34-24-21(29-10-9-28-17-8-4-6-14-5-2-3-7-15(14)17)19(26)20(27)18-22(24)30(13)11-16(23(18)31)25(32)33;1-2(3)4/h2-8,11,13,28-29H,9-10,12,27H2,1H3,(H,32,33);1H3,(H,3,4). The van der Waals surface area contributed by atoms with E-state index in [0.29, 0.717) is 13.1 Å². The number of nitrogens with one attached hydrogen (secondary N) is 2. The van der Waals surface area contributed by atoms with Gasteiger partial charge in [-0.1, -0.05) is 36.4 Å². The smallest absolute Gasteiger partial charge is 0.341 e. The first-order chi connectivity index (χ1) is 18.1. The molecular weight excluding hydrogens is 495 g/mol. The second-order valence-electron chi connectivity index (χ2n) is 8.80. The first kappa shape index (κ1) is 26.3. The zero-order valence-electron chi connectivity index (χ0n) is 20.7. The molecular formula is C27H27FN4O6. The SMILES string of the molecule is CC(=O)O.CC1COc2c(NCCNc3cccc4ccccc34)c(F)c(N)c3c(=O)c(C(=O)O)cn1c23. The molecule has 0 amide bonds. The molecule has 0 fully saturated rings. The number of carboxylic acid groups (broad SMARTS) is 2. The molecule has 6 N–H and O–H groups in total. The molecule has 4 aromatic rings. The van der Waals surface area contributed by atoms with E-state index in [0.717, 1.165) is 23.4 Å². The Balaban J connectivity index is 0.000000786. The number of hydrogen-bond acceptors (Lipinski definition) is 7. The van der Waals surface area contributed by atoms with Gasteiger partial charge in [-0.25, -0.2) is 9.18 Å². The number of nitrogens with two attached hydrogens (primary N) is 1. The van der Waals surface area contributed by atoms with Crippen molar-refractivity contribution in [3.05, 3.63) is 70.3 Å². The van der Waals surface area contributed by atoms with E-state index in [2.05, 4.69) is 10.6 Å². The molecule has 1 unspecified atom stereocenters. The number of benzene rings is 3. The molecule has 0 radical (unpaired) electrons. The number of nitrogens with zero attached hydrogens (tertiary/aromatic N) is 1. The van der Waals surface area contributed by atoms with Gasteiger partial charge >= 0.3 is 5.97 Å². The molecule has 0 bridgehead atoms. The quantitative estimate of drug-likeness (QED) is 0.185. The molecule has 0 aliphatic carbocycles. The predicted octanol–water partition coefficient (Wildman–Crippen LogP) is 4.14. The van der Waals surface area contributed by atoms with E-state index in [1.807, 2.05) is 49.4 Å². The van der Waals surface area contributed by atoms with E-state index in [-0.39, 0.29) is 35.0 Å². The van der Waals surface area contributed by atoms with Crippen molar-refractivity contribution in [2.24, 2.45) is 0 Å². The molecule has 1 aliphatic heterocycles. The maximum absolute atomic E-state index is 15.3. The monoisotopic (exact) mass is 522 g/mol. The number of anilines is 3. The summed E-state index contributed by atoms with van der Waals surface area (Å²) in [6.07, 6.45) is 1.27. The highest BCUT2D eigenvalue weighted by atomic mass is 19.1. The van der Waals surface area contributed by atoms with E-state index in [9.17, 15) is 14.7 Å². The summed E-state index contributed by atoms with van der Waals surface area (Å²) < 4.78 is 22.8. The van der Waals surface area contributed by atoms with Gasteiger partial charge in [-0.05, 0) is 18.4 Å². The van der Waals surface area contributed by atoms with Crippen LogP contribution < -0.4 is 26.5 Å².